The molecule has 0 saturated carbocycles. The van der Waals surface area contributed by atoms with Crippen molar-refractivity contribution in [2.75, 3.05) is 0 Å². The van der Waals surface area contributed by atoms with Crippen LogP contribution in [-0.4, -0.2) is 14.8 Å². The van der Waals surface area contributed by atoms with Gasteiger partial charge in [0, 0.05) is 11.1 Å². The fraction of sp³-hybridized carbons (Fsp3) is 0.300. The molecule has 1 aromatic carbocycles. The summed E-state index contributed by atoms with van der Waals surface area (Å²) in [5, 5.41) is 10.00. The first kappa shape index (κ1) is 14.2. The van der Waals surface area contributed by atoms with Crippen LogP contribution < -0.4 is 0 Å². The lowest BCUT2D eigenvalue weighted by Gasteiger charge is -2.23. The summed E-state index contributed by atoms with van der Waals surface area (Å²) in [5.74, 6) is 0. The molecule has 3 nitrogen and oxygen atoms in total. The summed E-state index contributed by atoms with van der Waals surface area (Å²) in [6.07, 6.45) is 9.48. The van der Waals surface area contributed by atoms with E-state index < -0.39 is 0 Å². The second-order valence-corrected chi connectivity index (χ2v) is 6.35. The fourth-order valence-corrected chi connectivity index (χ4v) is 3.45. The average Bonchev–Trinajstić information content (AvgIpc) is 2.78. The van der Waals surface area contributed by atoms with Crippen LogP contribution in [0.3, 0.4) is 0 Å². The van der Waals surface area contributed by atoms with E-state index in [2.05, 4.69) is 71.1 Å². The monoisotopic (exact) mass is 303 g/mol. The Morgan fingerprint density at radius 1 is 1.13 bits per heavy atom. The molecule has 1 aliphatic rings. The number of fused-ring (bicyclic) bond motifs is 1. The fourth-order valence-electron chi connectivity index (χ4n) is 3.45. The van der Waals surface area contributed by atoms with Crippen molar-refractivity contribution in [3.8, 4) is 0 Å². The molecule has 0 fully saturated rings. The molecule has 116 valence electrons. The molecule has 1 atom stereocenters. The molecule has 0 saturated heterocycles. The third-order valence-corrected chi connectivity index (χ3v) is 5.00. The highest BCUT2D eigenvalue weighted by Gasteiger charge is 2.22. The summed E-state index contributed by atoms with van der Waals surface area (Å²) in [5.41, 5.74) is 6.41. The van der Waals surface area contributed by atoms with E-state index in [1.807, 2.05) is 6.20 Å². The van der Waals surface area contributed by atoms with Gasteiger partial charge in [-0.05, 0) is 44.2 Å². The second kappa shape index (κ2) is 5.65. The highest BCUT2D eigenvalue weighted by Crippen LogP contribution is 2.34. The summed E-state index contributed by atoms with van der Waals surface area (Å²) < 4.78 is 2.46. The van der Waals surface area contributed by atoms with Crippen LogP contribution in [0.4, 0.5) is 0 Å². The van der Waals surface area contributed by atoms with Gasteiger partial charge in [-0.15, -0.1) is 0 Å². The van der Waals surface area contributed by atoms with Crippen molar-refractivity contribution < 1.29 is 0 Å². The van der Waals surface area contributed by atoms with E-state index in [0.717, 1.165) is 25.0 Å². The molecular formula is C20H21N3. The molecule has 4 rings (SSSR count). The normalized spacial score (nSPS) is 16.7. The van der Waals surface area contributed by atoms with Crippen LogP contribution in [0.2, 0.25) is 0 Å². The SMILES string of the molecule is Cc1c(C)n(C2C=CC2)c2c(CCc3ccccc3)nncc12. The Morgan fingerprint density at radius 2 is 1.91 bits per heavy atom. The first-order valence-corrected chi connectivity index (χ1v) is 8.28. The topological polar surface area (TPSA) is 30.7 Å². The number of aromatic nitrogens is 3. The Hall–Kier alpha value is -2.42. The highest BCUT2D eigenvalue weighted by molar-refractivity contribution is 5.86. The predicted octanol–water partition coefficient (Wildman–Crippen LogP) is 4.33. The minimum Gasteiger partial charge on any atom is -0.336 e. The van der Waals surface area contributed by atoms with Gasteiger partial charge in [-0.1, -0.05) is 42.5 Å². The molecule has 1 unspecified atom stereocenters. The second-order valence-electron chi connectivity index (χ2n) is 6.35. The van der Waals surface area contributed by atoms with Gasteiger partial charge < -0.3 is 4.57 Å². The van der Waals surface area contributed by atoms with Gasteiger partial charge >= 0.3 is 0 Å². The number of hydrogen-bond donors (Lipinski definition) is 0. The van der Waals surface area contributed by atoms with Crippen molar-refractivity contribution in [3.63, 3.8) is 0 Å². The van der Waals surface area contributed by atoms with Crippen LogP contribution in [0.25, 0.3) is 10.9 Å². The maximum Gasteiger partial charge on any atom is 0.0877 e. The van der Waals surface area contributed by atoms with Gasteiger partial charge in [-0.2, -0.15) is 10.2 Å². The molecule has 0 spiro atoms. The third-order valence-electron chi connectivity index (χ3n) is 5.00. The van der Waals surface area contributed by atoms with Crippen LogP contribution in [-0.2, 0) is 12.8 Å². The number of rotatable bonds is 4. The van der Waals surface area contributed by atoms with Gasteiger partial charge in [0.25, 0.3) is 0 Å². The van der Waals surface area contributed by atoms with Crippen molar-refractivity contribution in [1.29, 1.82) is 0 Å². The largest absolute Gasteiger partial charge is 0.336 e. The summed E-state index contributed by atoms with van der Waals surface area (Å²) in [6.45, 7) is 4.40. The zero-order valence-electron chi connectivity index (χ0n) is 13.7. The van der Waals surface area contributed by atoms with E-state index in [0.29, 0.717) is 6.04 Å². The molecule has 1 aliphatic carbocycles. The van der Waals surface area contributed by atoms with Gasteiger partial charge in [0.2, 0.25) is 0 Å². The average molecular weight is 303 g/mol. The molecule has 2 aromatic heterocycles. The van der Waals surface area contributed by atoms with Crippen molar-refractivity contribution in [2.45, 2.75) is 39.2 Å². The zero-order chi connectivity index (χ0) is 15.8. The van der Waals surface area contributed by atoms with E-state index in [-0.39, 0.29) is 0 Å². The van der Waals surface area contributed by atoms with E-state index in [1.165, 1.54) is 27.7 Å². The van der Waals surface area contributed by atoms with E-state index in [4.69, 9.17) is 0 Å². The molecule has 0 radical (unpaired) electrons. The summed E-state index contributed by atoms with van der Waals surface area (Å²) in [4.78, 5) is 0. The minimum absolute atomic E-state index is 0.478. The highest BCUT2D eigenvalue weighted by atomic mass is 15.1. The van der Waals surface area contributed by atoms with Crippen molar-refractivity contribution in [2.24, 2.45) is 0 Å². The molecule has 2 heterocycles. The third kappa shape index (κ3) is 2.37. The number of hydrogen-bond acceptors (Lipinski definition) is 2. The van der Waals surface area contributed by atoms with Crippen molar-refractivity contribution in [3.05, 3.63) is 71.2 Å². The molecular weight excluding hydrogens is 282 g/mol. The molecule has 23 heavy (non-hydrogen) atoms. The number of allylic oxidation sites excluding steroid dienone is 2. The van der Waals surface area contributed by atoms with Crippen LogP contribution in [0.1, 0.15) is 35.0 Å². The Morgan fingerprint density at radius 3 is 2.61 bits per heavy atom. The number of aryl methyl sites for hydroxylation is 3. The van der Waals surface area contributed by atoms with Gasteiger partial charge in [-0.3, -0.25) is 0 Å². The van der Waals surface area contributed by atoms with Crippen LogP contribution >= 0.6 is 0 Å². The first-order valence-electron chi connectivity index (χ1n) is 8.28. The molecule has 0 aliphatic heterocycles. The van der Waals surface area contributed by atoms with Crippen molar-refractivity contribution >= 4 is 10.9 Å². The van der Waals surface area contributed by atoms with Gasteiger partial charge in [0.05, 0.1) is 23.4 Å². The Balaban J connectivity index is 1.77. The summed E-state index contributed by atoms with van der Waals surface area (Å²) in [7, 11) is 0. The Bertz CT molecular complexity index is 875. The van der Waals surface area contributed by atoms with Crippen LogP contribution in [0.5, 0.6) is 0 Å². The molecule has 0 bridgehead atoms. The van der Waals surface area contributed by atoms with Gasteiger partial charge in [-0.25, -0.2) is 0 Å². The first-order chi connectivity index (χ1) is 11.3. The molecule has 0 amide bonds. The quantitative estimate of drug-likeness (QED) is 0.671. The van der Waals surface area contributed by atoms with Crippen LogP contribution in [0.15, 0.2) is 48.7 Å². The Kier molecular flexibility index (Phi) is 3.49. The van der Waals surface area contributed by atoms with Crippen LogP contribution in [0, 0.1) is 13.8 Å². The Labute approximate surface area is 136 Å². The predicted molar refractivity (Wildman–Crippen MR) is 93.6 cm³/mol. The summed E-state index contributed by atoms with van der Waals surface area (Å²) in [6, 6.07) is 11.1. The lowest BCUT2D eigenvalue weighted by molar-refractivity contribution is 0.573. The van der Waals surface area contributed by atoms with Crippen molar-refractivity contribution in [1.82, 2.24) is 14.8 Å². The zero-order valence-corrected chi connectivity index (χ0v) is 13.7. The van der Waals surface area contributed by atoms with Gasteiger partial charge in [0.1, 0.15) is 0 Å². The maximum absolute atomic E-state index is 4.48. The van der Waals surface area contributed by atoms with E-state index in [9.17, 15) is 0 Å². The molecule has 3 heteroatoms. The van der Waals surface area contributed by atoms with E-state index >= 15 is 0 Å². The number of benzene rings is 1. The van der Waals surface area contributed by atoms with Gasteiger partial charge in [0.15, 0.2) is 0 Å². The lowest BCUT2D eigenvalue weighted by Crippen LogP contribution is -2.14. The maximum atomic E-state index is 4.48. The molecule has 0 N–H and O–H groups in total. The lowest BCUT2D eigenvalue weighted by atomic mass is 10.0. The smallest absolute Gasteiger partial charge is 0.0877 e. The van der Waals surface area contributed by atoms with E-state index in [1.54, 1.807) is 0 Å². The number of nitrogens with zero attached hydrogens (tertiary/aromatic N) is 3. The standard InChI is InChI=1S/C20H21N3/c1-14-15(2)23(17-9-6-10-17)20-18(14)13-21-22-19(20)12-11-16-7-4-3-5-8-16/h3-9,13,17H,10-12H2,1-2H3. The molecule has 3 aromatic rings. The summed E-state index contributed by atoms with van der Waals surface area (Å²) >= 11 is 0. The minimum atomic E-state index is 0.478.